The van der Waals surface area contributed by atoms with Crippen molar-refractivity contribution in [3.8, 4) is 0 Å². The summed E-state index contributed by atoms with van der Waals surface area (Å²) < 4.78 is 12.7. The van der Waals surface area contributed by atoms with Gasteiger partial charge in [-0.3, -0.25) is 14.9 Å². The fraction of sp³-hybridized carbons (Fsp3) is 0. The molecule has 0 radical (unpaired) electrons. The number of nitrogens with zero attached hydrogens (tertiary/aromatic N) is 1. The van der Waals surface area contributed by atoms with Crippen LogP contribution in [0.25, 0.3) is 6.08 Å². The molecule has 0 heterocycles. The van der Waals surface area contributed by atoms with Gasteiger partial charge in [-0.1, -0.05) is 23.7 Å². The molecule has 0 aliphatic carbocycles. The molecule has 5 nitrogen and oxygen atoms in total. The third-order valence-corrected chi connectivity index (χ3v) is 3.05. The van der Waals surface area contributed by atoms with Crippen LogP contribution in [0.2, 0.25) is 5.02 Å². The zero-order valence-corrected chi connectivity index (χ0v) is 11.9. The zero-order chi connectivity index (χ0) is 16.1. The summed E-state index contributed by atoms with van der Waals surface area (Å²) in [5.74, 6) is -0.878. The highest BCUT2D eigenvalue weighted by Crippen LogP contribution is 2.26. The molecular formula is C15H10ClFN2O3. The largest absolute Gasteiger partial charge is 0.321 e. The van der Waals surface area contributed by atoms with Gasteiger partial charge in [-0.05, 0) is 29.8 Å². The third-order valence-electron chi connectivity index (χ3n) is 2.72. The van der Waals surface area contributed by atoms with Gasteiger partial charge in [0.25, 0.3) is 5.69 Å². The highest BCUT2D eigenvalue weighted by molar-refractivity contribution is 6.34. The summed E-state index contributed by atoms with van der Waals surface area (Å²) in [5.41, 5.74) is 0.605. The summed E-state index contributed by atoms with van der Waals surface area (Å²) in [6, 6.07) is 9.32. The van der Waals surface area contributed by atoms with Gasteiger partial charge in [0.05, 0.1) is 15.6 Å². The van der Waals surface area contributed by atoms with E-state index in [1.165, 1.54) is 54.6 Å². The molecule has 2 aromatic rings. The number of non-ortho nitro benzene ring substituents is 1. The molecule has 7 heteroatoms. The lowest BCUT2D eigenvalue weighted by atomic mass is 10.2. The second-order valence-electron chi connectivity index (χ2n) is 4.30. The van der Waals surface area contributed by atoms with Crippen molar-refractivity contribution in [2.45, 2.75) is 0 Å². The van der Waals surface area contributed by atoms with Crippen molar-refractivity contribution in [1.82, 2.24) is 0 Å². The maximum absolute atomic E-state index is 12.7. The molecule has 0 unspecified atom stereocenters. The van der Waals surface area contributed by atoms with E-state index in [1.807, 2.05) is 0 Å². The summed E-state index contributed by atoms with van der Waals surface area (Å²) in [7, 11) is 0. The average molecular weight is 321 g/mol. The van der Waals surface area contributed by atoms with Crippen molar-refractivity contribution in [2.24, 2.45) is 0 Å². The lowest BCUT2D eigenvalue weighted by Gasteiger charge is -2.04. The molecular weight excluding hydrogens is 311 g/mol. The number of rotatable bonds is 4. The van der Waals surface area contributed by atoms with Gasteiger partial charge < -0.3 is 5.32 Å². The van der Waals surface area contributed by atoms with Crippen LogP contribution in [-0.4, -0.2) is 10.8 Å². The van der Waals surface area contributed by atoms with Crippen LogP contribution in [0.4, 0.5) is 15.8 Å². The van der Waals surface area contributed by atoms with Gasteiger partial charge in [-0.15, -0.1) is 0 Å². The molecule has 0 atom stereocenters. The monoisotopic (exact) mass is 320 g/mol. The third kappa shape index (κ3) is 4.13. The Morgan fingerprint density at radius 1 is 1.23 bits per heavy atom. The van der Waals surface area contributed by atoms with Crippen LogP contribution in [0.3, 0.4) is 0 Å². The molecule has 0 fully saturated rings. The van der Waals surface area contributed by atoms with Crippen LogP contribution in [-0.2, 0) is 4.79 Å². The first kappa shape index (κ1) is 15.7. The predicted molar refractivity (Wildman–Crippen MR) is 82.2 cm³/mol. The van der Waals surface area contributed by atoms with E-state index in [0.29, 0.717) is 5.56 Å². The number of hydrogen-bond acceptors (Lipinski definition) is 3. The first-order valence-corrected chi connectivity index (χ1v) is 6.52. The molecule has 0 saturated carbocycles. The quantitative estimate of drug-likeness (QED) is 0.525. The Balaban J connectivity index is 2.10. The number of carbonyl (C=O) groups is 1. The highest BCUT2D eigenvalue weighted by atomic mass is 35.5. The summed E-state index contributed by atoms with van der Waals surface area (Å²) >= 11 is 5.88. The summed E-state index contributed by atoms with van der Waals surface area (Å²) in [5, 5.41) is 13.3. The van der Waals surface area contributed by atoms with E-state index in [0.717, 1.165) is 0 Å². The van der Waals surface area contributed by atoms with Gasteiger partial charge in [0.2, 0.25) is 5.91 Å². The Morgan fingerprint density at radius 3 is 2.55 bits per heavy atom. The number of carbonyl (C=O) groups excluding carboxylic acids is 1. The second-order valence-corrected chi connectivity index (χ2v) is 4.70. The molecule has 0 spiro atoms. The predicted octanol–water partition coefficient (Wildman–Crippen LogP) is 4.04. The first-order chi connectivity index (χ1) is 10.5. The first-order valence-electron chi connectivity index (χ1n) is 6.14. The SMILES string of the molecule is O=C(C=Cc1ccc(F)cc1)Nc1cc([N+](=O)[O-])ccc1Cl. The molecule has 0 bridgehead atoms. The Kier molecular flexibility index (Phi) is 4.85. The van der Waals surface area contributed by atoms with Crippen LogP contribution < -0.4 is 5.32 Å². The average Bonchev–Trinajstić information content (AvgIpc) is 2.48. The van der Waals surface area contributed by atoms with Gasteiger partial charge >= 0.3 is 0 Å². The van der Waals surface area contributed by atoms with Crippen LogP contribution in [0, 0.1) is 15.9 Å². The number of halogens is 2. The number of benzene rings is 2. The minimum Gasteiger partial charge on any atom is -0.321 e. The number of anilines is 1. The molecule has 22 heavy (non-hydrogen) atoms. The Morgan fingerprint density at radius 2 is 1.91 bits per heavy atom. The minimum absolute atomic E-state index is 0.143. The van der Waals surface area contributed by atoms with Crippen molar-refractivity contribution >= 4 is 35.0 Å². The maximum Gasteiger partial charge on any atom is 0.271 e. The van der Waals surface area contributed by atoms with Gasteiger partial charge in [-0.25, -0.2) is 4.39 Å². The standard InChI is InChI=1S/C15H10ClFN2O3/c16-13-7-6-12(19(21)22)9-14(13)18-15(20)8-3-10-1-4-11(17)5-2-10/h1-9H,(H,18,20). The van der Waals surface area contributed by atoms with Crippen molar-refractivity contribution in [3.05, 3.63) is 75.1 Å². The summed E-state index contributed by atoms with van der Waals surface area (Å²) in [6.45, 7) is 0. The molecule has 2 rings (SSSR count). The normalized spacial score (nSPS) is 10.6. The molecule has 1 N–H and O–H groups in total. The van der Waals surface area contributed by atoms with Crippen molar-refractivity contribution in [1.29, 1.82) is 0 Å². The molecule has 0 aliphatic rings. The van der Waals surface area contributed by atoms with Crippen LogP contribution in [0.15, 0.2) is 48.5 Å². The summed E-state index contributed by atoms with van der Waals surface area (Å²) in [6.07, 6.45) is 2.71. The lowest BCUT2D eigenvalue weighted by Crippen LogP contribution is -2.08. The van der Waals surface area contributed by atoms with E-state index in [-0.39, 0.29) is 22.2 Å². The summed E-state index contributed by atoms with van der Waals surface area (Å²) in [4.78, 5) is 21.9. The fourth-order valence-corrected chi connectivity index (χ4v) is 1.81. The van der Waals surface area contributed by atoms with E-state index in [9.17, 15) is 19.3 Å². The van der Waals surface area contributed by atoms with E-state index in [4.69, 9.17) is 11.6 Å². The van der Waals surface area contributed by atoms with Gasteiger partial charge in [0, 0.05) is 18.2 Å². The number of hydrogen-bond donors (Lipinski definition) is 1. The molecule has 0 saturated heterocycles. The van der Waals surface area contributed by atoms with E-state index >= 15 is 0 Å². The number of amides is 1. The molecule has 2 aromatic carbocycles. The van der Waals surface area contributed by atoms with Crippen molar-refractivity contribution in [3.63, 3.8) is 0 Å². The van der Waals surface area contributed by atoms with E-state index < -0.39 is 10.8 Å². The Labute approximate surface area is 130 Å². The van der Waals surface area contributed by atoms with Crippen LogP contribution in [0.5, 0.6) is 0 Å². The lowest BCUT2D eigenvalue weighted by molar-refractivity contribution is -0.384. The molecule has 0 aliphatic heterocycles. The van der Waals surface area contributed by atoms with Crippen LogP contribution >= 0.6 is 11.6 Å². The number of nitro groups is 1. The maximum atomic E-state index is 12.7. The smallest absolute Gasteiger partial charge is 0.271 e. The topological polar surface area (TPSA) is 72.2 Å². The fourth-order valence-electron chi connectivity index (χ4n) is 1.64. The second kappa shape index (κ2) is 6.82. The molecule has 0 aromatic heterocycles. The minimum atomic E-state index is -0.583. The van der Waals surface area contributed by atoms with Crippen molar-refractivity contribution in [2.75, 3.05) is 5.32 Å². The molecule has 1 amide bonds. The Bertz CT molecular complexity index is 745. The van der Waals surface area contributed by atoms with E-state index in [2.05, 4.69) is 5.32 Å². The van der Waals surface area contributed by atoms with Gasteiger partial charge in [0.1, 0.15) is 5.82 Å². The zero-order valence-electron chi connectivity index (χ0n) is 11.1. The highest BCUT2D eigenvalue weighted by Gasteiger charge is 2.10. The molecule has 112 valence electrons. The van der Waals surface area contributed by atoms with Crippen molar-refractivity contribution < 1.29 is 14.1 Å². The van der Waals surface area contributed by atoms with Crippen LogP contribution in [0.1, 0.15) is 5.56 Å². The number of nitrogens with one attached hydrogen (secondary N) is 1. The Hall–Kier alpha value is -2.73. The number of nitro benzene ring substituents is 1. The van der Waals surface area contributed by atoms with Gasteiger partial charge in [-0.2, -0.15) is 0 Å². The van der Waals surface area contributed by atoms with E-state index in [1.54, 1.807) is 0 Å². The van der Waals surface area contributed by atoms with Gasteiger partial charge in [0.15, 0.2) is 0 Å².